The van der Waals surface area contributed by atoms with Crippen LogP contribution in [0.5, 0.6) is 5.75 Å². The van der Waals surface area contributed by atoms with Gasteiger partial charge in [-0.3, -0.25) is 10.3 Å². The first-order chi connectivity index (χ1) is 12.1. The average Bonchev–Trinajstić information content (AvgIpc) is 2.60. The third kappa shape index (κ3) is 5.92. The Hall–Kier alpha value is -2.31. The molecule has 0 spiro atoms. The molecule has 0 amide bonds. The van der Waals surface area contributed by atoms with Crippen molar-refractivity contribution in [2.45, 2.75) is 20.8 Å². The molecule has 134 valence electrons. The van der Waals surface area contributed by atoms with E-state index < -0.39 is 0 Å². The number of hydrogen-bond acceptors (Lipinski definition) is 6. The molecule has 0 atom stereocenters. The molecule has 0 bridgehead atoms. The van der Waals surface area contributed by atoms with E-state index in [1.54, 1.807) is 6.20 Å². The molecule has 0 aliphatic heterocycles. The lowest BCUT2D eigenvalue weighted by Gasteiger charge is -2.11. The number of aromatic nitrogens is 2. The van der Waals surface area contributed by atoms with Gasteiger partial charge >= 0.3 is 0 Å². The molecule has 25 heavy (non-hydrogen) atoms. The predicted octanol–water partition coefficient (Wildman–Crippen LogP) is 3.75. The van der Waals surface area contributed by atoms with Crippen molar-refractivity contribution >= 4 is 23.5 Å². The number of aryl methyl sites for hydroxylation is 2. The van der Waals surface area contributed by atoms with Gasteiger partial charge in [-0.25, -0.2) is 9.97 Å². The standard InChI is InChI=1S/C18H23ClN4O2/c1-4-25-23-8-7-15-5-6-16(13(2)11-15)24-10-9-20-18-17(19)14(3)21-12-22-18/h5-8,11-12,23H,4,9-10H2,1-3H3,(H,20,21,22). The molecule has 7 heteroatoms. The van der Waals surface area contributed by atoms with Gasteiger partial charge in [-0.05, 0) is 50.1 Å². The Morgan fingerprint density at radius 3 is 2.84 bits per heavy atom. The van der Waals surface area contributed by atoms with E-state index in [4.69, 9.17) is 21.2 Å². The molecule has 0 fully saturated rings. The van der Waals surface area contributed by atoms with Gasteiger partial charge in [0, 0.05) is 6.20 Å². The van der Waals surface area contributed by atoms with Gasteiger partial charge in [-0.2, -0.15) is 0 Å². The van der Waals surface area contributed by atoms with Crippen molar-refractivity contribution in [2.75, 3.05) is 25.1 Å². The molecule has 2 aromatic rings. The van der Waals surface area contributed by atoms with E-state index in [1.807, 2.05) is 39.0 Å². The molecule has 6 nitrogen and oxygen atoms in total. The zero-order valence-corrected chi connectivity index (χ0v) is 15.4. The van der Waals surface area contributed by atoms with Crippen molar-refractivity contribution < 1.29 is 9.57 Å². The van der Waals surface area contributed by atoms with Crippen LogP contribution in [0.2, 0.25) is 5.02 Å². The monoisotopic (exact) mass is 362 g/mol. The van der Waals surface area contributed by atoms with Gasteiger partial charge in [0.1, 0.15) is 29.5 Å². The number of benzene rings is 1. The zero-order chi connectivity index (χ0) is 18.1. The van der Waals surface area contributed by atoms with E-state index in [1.165, 1.54) is 6.33 Å². The summed E-state index contributed by atoms with van der Waals surface area (Å²) in [6.07, 6.45) is 5.19. The van der Waals surface area contributed by atoms with Gasteiger partial charge in [-0.15, -0.1) is 0 Å². The molecule has 2 rings (SSSR count). The molecule has 0 saturated heterocycles. The van der Waals surface area contributed by atoms with Crippen LogP contribution in [0.15, 0.2) is 30.7 Å². The van der Waals surface area contributed by atoms with Crippen molar-refractivity contribution in [2.24, 2.45) is 0 Å². The first kappa shape index (κ1) is 19.0. The van der Waals surface area contributed by atoms with Crippen LogP contribution < -0.4 is 15.5 Å². The fraction of sp³-hybridized carbons (Fsp3) is 0.333. The van der Waals surface area contributed by atoms with E-state index in [-0.39, 0.29) is 0 Å². The minimum atomic E-state index is 0.501. The minimum absolute atomic E-state index is 0.501. The van der Waals surface area contributed by atoms with Crippen molar-refractivity contribution in [3.63, 3.8) is 0 Å². The lowest BCUT2D eigenvalue weighted by atomic mass is 10.1. The Balaban J connectivity index is 1.82. The normalized spacial score (nSPS) is 10.9. The third-order valence-electron chi connectivity index (χ3n) is 3.39. The molecular formula is C18H23ClN4O2. The Morgan fingerprint density at radius 1 is 1.24 bits per heavy atom. The maximum absolute atomic E-state index is 6.14. The quantitative estimate of drug-likeness (QED) is 0.523. The smallest absolute Gasteiger partial charge is 0.148 e. The molecule has 0 unspecified atom stereocenters. The second-order valence-electron chi connectivity index (χ2n) is 5.31. The Labute approximate surface area is 153 Å². The van der Waals surface area contributed by atoms with Crippen LogP contribution in [-0.4, -0.2) is 29.7 Å². The van der Waals surface area contributed by atoms with Gasteiger partial charge < -0.3 is 10.1 Å². The summed E-state index contributed by atoms with van der Waals surface area (Å²) in [4.78, 5) is 13.2. The molecule has 1 aromatic heterocycles. The summed E-state index contributed by atoms with van der Waals surface area (Å²) in [6.45, 7) is 7.49. The molecular weight excluding hydrogens is 340 g/mol. The molecule has 0 saturated carbocycles. The number of halogens is 1. The second-order valence-corrected chi connectivity index (χ2v) is 5.68. The molecule has 1 aromatic carbocycles. The number of anilines is 1. The van der Waals surface area contributed by atoms with E-state index in [9.17, 15) is 0 Å². The SMILES string of the molecule is CCONC=Cc1ccc(OCCNc2ncnc(C)c2Cl)c(C)c1. The van der Waals surface area contributed by atoms with Crippen LogP contribution in [0.25, 0.3) is 6.08 Å². The highest BCUT2D eigenvalue weighted by Gasteiger charge is 2.05. The van der Waals surface area contributed by atoms with Crippen molar-refractivity contribution in [3.8, 4) is 5.75 Å². The van der Waals surface area contributed by atoms with Crippen molar-refractivity contribution in [1.82, 2.24) is 15.4 Å². The summed E-state index contributed by atoms with van der Waals surface area (Å²) in [5, 5.41) is 3.69. The molecule has 0 aliphatic carbocycles. The lowest BCUT2D eigenvalue weighted by Crippen LogP contribution is -2.13. The second kappa shape index (κ2) is 9.86. The van der Waals surface area contributed by atoms with Crippen LogP contribution >= 0.6 is 11.6 Å². The number of rotatable bonds is 9. The number of nitrogens with one attached hydrogen (secondary N) is 2. The first-order valence-corrected chi connectivity index (χ1v) is 8.48. The minimum Gasteiger partial charge on any atom is -0.491 e. The Bertz CT molecular complexity index is 722. The first-order valence-electron chi connectivity index (χ1n) is 8.10. The van der Waals surface area contributed by atoms with Crippen LogP contribution in [-0.2, 0) is 4.84 Å². The Kier molecular flexibility index (Phi) is 7.50. The largest absolute Gasteiger partial charge is 0.491 e. The van der Waals surface area contributed by atoms with Crippen LogP contribution in [0.1, 0.15) is 23.7 Å². The summed E-state index contributed by atoms with van der Waals surface area (Å²) in [6, 6.07) is 6.00. The number of ether oxygens (including phenoxy) is 1. The number of hydrogen-bond donors (Lipinski definition) is 2. The van der Waals surface area contributed by atoms with Gasteiger partial charge in [0.2, 0.25) is 0 Å². The van der Waals surface area contributed by atoms with Crippen LogP contribution in [0.3, 0.4) is 0 Å². The topological polar surface area (TPSA) is 68.3 Å². The highest BCUT2D eigenvalue weighted by molar-refractivity contribution is 6.33. The summed E-state index contributed by atoms with van der Waals surface area (Å²) in [5.41, 5.74) is 5.62. The number of hydroxylamine groups is 1. The Morgan fingerprint density at radius 2 is 2.08 bits per heavy atom. The fourth-order valence-corrected chi connectivity index (χ4v) is 2.28. The summed E-state index contributed by atoms with van der Waals surface area (Å²) >= 11 is 6.14. The summed E-state index contributed by atoms with van der Waals surface area (Å²) < 4.78 is 5.81. The maximum atomic E-state index is 6.14. The van der Waals surface area contributed by atoms with Gasteiger partial charge in [0.15, 0.2) is 0 Å². The lowest BCUT2D eigenvalue weighted by molar-refractivity contribution is 0.0831. The van der Waals surface area contributed by atoms with E-state index in [0.29, 0.717) is 30.6 Å². The van der Waals surface area contributed by atoms with Gasteiger partial charge in [0.25, 0.3) is 0 Å². The van der Waals surface area contributed by atoms with Crippen LogP contribution in [0.4, 0.5) is 5.82 Å². The maximum Gasteiger partial charge on any atom is 0.148 e. The third-order valence-corrected chi connectivity index (χ3v) is 3.84. The highest BCUT2D eigenvalue weighted by atomic mass is 35.5. The molecule has 0 aliphatic rings. The number of nitrogens with zero attached hydrogens (tertiary/aromatic N) is 2. The van der Waals surface area contributed by atoms with E-state index in [2.05, 4.69) is 26.8 Å². The van der Waals surface area contributed by atoms with Crippen LogP contribution in [0, 0.1) is 13.8 Å². The predicted molar refractivity (Wildman–Crippen MR) is 101 cm³/mol. The zero-order valence-electron chi connectivity index (χ0n) is 14.7. The van der Waals surface area contributed by atoms with Crippen molar-refractivity contribution in [1.29, 1.82) is 0 Å². The molecule has 1 heterocycles. The average molecular weight is 363 g/mol. The van der Waals surface area contributed by atoms with E-state index in [0.717, 1.165) is 22.6 Å². The fourth-order valence-electron chi connectivity index (χ4n) is 2.11. The van der Waals surface area contributed by atoms with E-state index >= 15 is 0 Å². The van der Waals surface area contributed by atoms with Crippen molar-refractivity contribution in [3.05, 3.63) is 52.6 Å². The highest BCUT2D eigenvalue weighted by Crippen LogP contribution is 2.21. The molecule has 2 N–H and O–H groups in total. The molecule has 0 radical (unpaired) electrons. The van der Waals surface area contributed by atoms with Gasteiger partial charge in [0.05, 0.1) is 18.8 Å². The van der Waals surface area contributed by atoms with Gasteiger partial charge in [-0.1, -0.05) is 17.7 Å². The summed E-state index contributed by atoms with van der Waals surface area (Å²) in [7, 11) is 0. The summed E-state index contributed by atoms with van der Waals surface area (Å²) in [5.74, 6) is 1.47.